The smallest absolute Gasteiger partial charge is 0.169 e. The Morgan fingerprint density at radius 3 is 2.00 bits per heavy atom. The van der Waals surface area contributed by atoms with E-state index in [1.165, 1.54) is 6.92 Å². The van der Waals surface area contributed by atoms with Crippen LogP contribution in [-0.2, 0) is 6.18 Å². The molecule has 102 valence electrons. The standard InChI is InChI=1S/C10H6BrClF6/c1-4-2-5(9(13,14)15)3-6(7(4)12)8(11)10(16,17)18/h2-3,8H,1H3. The second-order valence-corrected chi connectivity index (χ2v) is 4.89. The van der Waals surface area contributed by atoms with Gasteiger partial charge in [-0.25, -0.2) is 0 Å². The molecule has 18 heavy (non-hydrogen) atoms. The van der Waals surface area contributed by atoms with E-state index in [1.54, 1.807) is 0 Å². The van der Waals surface area contributed by atoms with Crippen molar-refractivity contribution < 1.29 is 26.3 Å². The second-order valence-electron chi connectivity index (χ2n) is 3.60. The molecule has 0 saturated heterocycles. The molecule has 0 bridgehead atoms. The van der Waals surface area contributed by atoms with Gasteiger partial charge in [-0.05, 0) is 30.2 Å². The summed E-state index contributed by atoms with van der Waals surface area (Å²) in [5.74, 6) is 0. The normalized spacial score (nSPS) is 14.7. The van der Waals surface area contributed by atoms with E-state index in [0.29, 0.717) is 12.1 Å². The molecule has 1 aromatic rings. The first kappa shape index (κ1) is 15.6. The quantitative estimate of drug-likeness (QED) is 0.450. The highest BCUT2D eigenvalue weighted by atomic mass is 79.9. The van der Waals surface area contributed by atoms with Crippen LogP contribution in [0.4, 0.5) is 26.3 Å². The molecule has 1 atom stereocenters. The zero-order valence-electron chi connectivity index (χ0n) is 8.76. The van der Waals surface area contributed by atoms with Crippen molar-refractivity contribution in [2.24, 2.45) is 0 Å². The van der Waals surface area contributed by atoms with Crippen LogP contribution in [0.1, 0.15) is 21.5 Å². The molecule has 0 aliphatic rings. The molecule has 1 aromatic carbocycles. The Kier molecular flexibility index (Phi) is 4.27. The summed E-state index contributed by atoms with van der Waals surface area (Å²) in [4.78, 5) is -2.24. The van der Waals surface area contributed by atoms with Crippen molar-refractivity contribution >= 4 is 27.5 Å². The lowest BCUT2D eigenvalue weighted by Crippen LogP contribution is -2.17. The molecule has 0 amide bonds. The summed E-state index contributed by atoms with van der Waals surface area (Å²) in [5, 5.41) is -0.331. The number of hydrogen-bond donors (Lipinski definition) is 0. The Bertz CT molecular complexity index is 451. The fraction of sp³-hybridized carbons (Fsp3) is 0.400. The summed E-state index contributed by atoms with van der Waals surface area (Å²) >= 11 is 7.93. The Balaban J connectivity index is 3.41. The van der Waals surface area contributed by atoms with Gasteiger partial charge in [-0.2, -0.15) is 26.3 Å². The van der Waals surface area contributed by atoms with Crippen molar-refractivity contribution in [2.45, 2.75) is 24.1 Å². The first-order valence-electron chi connectivity index (χ1n) is 4.52. The number of halogens is 8. The summed E-state index contributed by atoms with van der Waals surface area (Å²) in [5.41, 5.74) is -1.86. The van der Waals surface area contributed by atoms with Crippen molar-refractivity contribution in [1.29, 1.82) is 0 Å². The zero-order valence-corrected chi connectivity index (χ0v) is 11.1. The van der Waals surface area contributed by atoms with Crippen LogP contribution in [0, 0.1) is 6.92 Å². The van der Waals surface area contributed by atoms with Crippen molar-refractivity contribution in [3.8, 4) is 0 Å². The van der Waals surface area contributed by atoms with Crippen molar-refractivity contribution in [1.82, 2.24) is 0 Å². The molecule has 0 aliphatic heterocycles. The molecule has 0 aliphatic carbocycles. The monoisotopic (exact) mass is 354 g/mol. The van der Waals surface area contributed by atoms with Crippen molar-refractivity contribution in [3.63, 3.8) is 0 Å². The summed E-state index contributed by atoms with van der Waals surface area (Å²) in [6.45, 7) is 1.22. The SMILES string of the molecule is Cc1cc(C(F)(F)F)cc(C(Br)C(F)(F)F)c1Cl. The van der Waals surface area contributed by atoms with Gasteiger partial charge in [0.25, 0.3) is 0 Å². The van der Waals surface area contributed by atoms with Crippen LogP contribution in [0.25, 0.3) is 0 Å². The first-order valence-corrected chi connectivity index (χ1v) is 5.82. The molecule has 0 fully saturated rings. The maximum absolute atomic E-state index is 12.5. The minimum absolute atomic E-state index is 0.0600. The van der Waals surface area contributed by atoms with Gasteiger partial charge in [0, 0.05) is 5.02 Å². The lowest BCUT2D eigenvalue weighted by molar-refractivity contribution is -0.138. The Hall–Kier alpha value is -0.430. The zero-order chi connectivity index (χ0) is 14.3. The Labute approximate surface area is 112 Å². The van der Waals surface area contributed by atoms with E-state index in [0.717, 1.165) is 0 Å². The summed E-state index contributed by atoms with van der Waals surface area (Å²) < 4.78 is 75.0. The lowest BCUT2D eigenvalue weighted by atomic mass is 10.0. The van der Waals surface area contributed by atoms with Gasteiger partial charge in [-0.15, -0.1) is 0 Å². The molecule has 8 heteroatoms. The van der Waals surface area contributed by atoms with E-state index in [4.69, 9.17) is 11.6 Å². The van der Waals surface area contributed by atoms with Gasteiger partial charge < -0.3 is 0 Å². The second kappa shape index (κ2) is 4.92. The van der Waals surface area contributed by atoms with Crippen LogP contribution in [0.5, 0.6) is 0 Å². The van der Waals surface area contributed by atoms with E-state index in [9.17, 15) is 26.3 Å². The molecular weight excluding hydrogens is 349 g/mol. The third-order valence-corrected chi connectivity index (χ3v) is 3.70. The first-order chi connectivity index (χ1) is 7.94. The molecule has 0 heterocycles. The van der Waals surface area contributed by atoms with Gasteiger partial charge in [0.05, 0.1) is 5.56 Å². The van der Waals surface area contributed by atoms with Crippen LogP contribution < -0.4 is 0 Å². The summed E-state index contributed by atoms with van der Waals surface area (Å²) in [6, 6.07) is 1.12. The van der Waals surface area contributed by atoms with E-state index in [-0.39, 0.29) is 10.6 Å². The summed E-state index contributed by atoms with van der Waals surface area (Å²) in [7, 11) is 0. The average molecular weight is 356 g/mol. The molecule has 0 aromatic heterocycles. The topological polar surface area (TPSA) is 0 Å². The van der Waals surface area contributed by atoms with Crippen LogP contribution in [-0.4, -0.2) is 6.18 Å². The molecule has 0 N–H and O–H groups in total. The highest BCUT2D eigenvalue weighted by molar-refractivity contribution is 9.09. The molecule has 0 radical (unpaired) electrons. The molecule has 0 saturated carbocycles. The largest absolute Gasteiger partial charge is 0.416 e. The van der Waals surface area contributed by atoms with E-state index < -0.39 is 28.3 Å². The van der Waals surface area contributed by atoms with Crippen LogP contribution in [0.2, 0.25) is 5.02 Å². The molecule has 1 rings (SSSR count). The van der Waals surface area contributed by atoms with Gasteiger partial charge in [0.2, 0.25) is 0 Å². The van der Waals surface area contributed by atoms with Crippen LogP contribution >= 0.6 is 27.5 Å². The number of aryl methyl sites for hydroxylation is 1. The molecular formula is C10H6BrClF6. The van der Waals surface area contributed by atoms with Gasteiger partial charge in [-0.3, -0.25) is 0 Å². The highest BCUT2D eigenvalue weighted by Crippen LogP contribution is 2.45. The highest BCUT2D eigenvalue weighted by Gasteiger charge is 2.41. The van der Waals surface area contributed by atoms with E-state index in [2.05, 4.69) is 15.9 Å². The fourth-order valence-corrected chi connectivity index (χ4v) is 2.03. The number of rotatable bonds is 1. The molecule has 0 nitrogen and oxygen atoms in total. The maximum atomic E-state index is 12.5. The van der Waals surface area contributed by atoms with Crippen molar-refractivity contribution in [2.75, 3.05) is 0 Å². The van der Waals surface area contributed by atoms with Gasteiger partial charge in [0.1, 0.15) is 4.83 Å². The third kappa shape index (κ3) is 3.32. The molecule has 1 unspecified atom stereocenters. The minimum atomic E-state index is -4.72. The number of hydrogen-bond acceptors (Lipinski definition) is 0. The maximum Gasteiger partial charge on any atom is 0.416 e. The van der Waals surface area contributed by atoms with Gasteiger partial charge >= 0.3 is 12.4 Å². The van der Waals surface area contributed by atoms with Crippen LogP contribution in [0.15, 0.2) is 12.1 Å². The predicted molar refractivity (Wildman–Crippen MR) is 58.9 cm³/mol. The lowest BCUT2D eigenvalue weighted by Gasteiger charge is -2.19. The minimum Gasteiger partial charge on any atom is -0.169 e. The molecule has 0 spiro atoms. The summed E-state index contributed by atoms with van der Waals surface area (Å²) in [6.07, 6.45) is -9.44. The van der Waals surface area contributed by atoms with Crippen molar-refractivity contribution in [3.05, 3.63) is 33.8 Å². The number of alkyl halides is 7. The third-order valence-electron chi connectivity index (χ3n) is 2.17. The fourth-order valence-electron chi connectivity index (χ4n) is 1.32. The van der Waals surface area contributed by atoms with Gasteiger partial charge in [-0.1, -0.05) is 27.5 Å². The van der Waals surface area contributed by atoms with E-state index >= 15 is 0 Å². The Morgan fingerprint density at radius 2 is 1.61 bits per heavy atom. The van der Waals surface area contributed by atoms with Crippen LogP contribution in [0.3, 0.4) is 0 Å². The average Bonchev–Trinajstić information content (AvgIpc) is 2.17. The predicted octanol–water partition coefficient (Wildman–Crippen LogP) is 5.67. The van der Waals surface area contributed by atoms with E-state index in [1.807, 2.05) is 0 Å². The number of benzene rings is 1. The Morgan fingerprint density at radius 1 is 1.11 bits per heavy atom. The van der Waals surface area contributed by atoms with Gasteiger partial charge in [0.15, 0.2) is 0 Å².